The van der Waals surface area contributed by atoms with E-state index in [-0.39, 0.29) is 6.03 Å². The summed E-state index contributed by atoms with van der Waals surface area (Å²) in [7, 11) is 0. The van der Waals surface area contributed by atoms with Crippen molar-refractivity contribution in [2.75, 3.05) is 26.2 Å². The van der Waals surface area contributed by atoms with Gasteiger partial charge in [-0.1, -0.05) is 6.07 Å². The maximum Gasteiger partial charge on any atom is 0.317 e. The van der Waals surface area contributed by atoms with Crippen molar-refractivity contribution in [1.29, 1.82) is 0 Å². The average molecular weight is 329 g/mol. The predicted molar refractivity (Wildman–Crippen MR) is 89.3 cm³/mol. The van der Waals surface area contributed by atoms with E-state index in [1.54, 1.807) is 0 Å². The lowest BCUT2D eigenvalue weighted by molar-refractivity contribution is 0.133. The number of nitrogens with zero attached hydrogens (tertiary/aromatic N) is 4. The highest BCUT2D eigenvalue weighted by Crippen LogP contribution is 2.09. The topological polar surface area (TPSA) is 74.5 Å². The SMILES string of the molecule is Cc1nc(CNC(=O)N2CCN(Cc3ccccn3)CC2)oc1C. The van der Waals surface area contributed by atoms with Crippen LogP contribution in [-0.2, 0) is 13.1 Å². The number of aryl methyl sites for hydroxylation is 2. The molecule has 7 heteroatoms. The van der Waals surface area contributed by atoms with E-state index in [1.807, 2.05) is 43.1 Å². The molecular weight excluding hydrogens is 306 g/mol. The number of nitrogens with one attached hydrogen (secondary N) is 1. The Hall–Kier alpha value is -2.41. The Morgan fingerprint density at radius 3 is 2.67 bits per heavy atom. The molecule has 24 heavy (non-hydrogen) atoms. The molecule has 1 saturated heterocycles. The van der Waals surface area contributed by atoms with Crippen LogP contribution in [0.2, 0.25) is 0 Å². The third-order valence-electron chi connectivity index (χ3n) is 4.23. The molecule has 2 amide bonds. The van der Waals surface area contributed by atoms with Gasteiger partial charge in [0.15, 0.2) is 0 Å². The molecule has 1 fully saturated rings. The van der Waals surface area contributed by atoms with Gasteiger partial charge in [0.2, 0.25) is 5.89 Å². The number of aromatic nitrogens is 2. The van der Waals surface area contributed by atoms with Gasteiger partial charge in [-0.05, 0) is 26.0 Å². The normalized spacial score (nSPS) is 15.5. The molecule has 1 aliphatic rings. The monoisotopic (exact) mass is 329 g/mol. The highest BCUT2D eigenvalue weighted by atomic mass is 16.4. The van der Waals surface area contributed by atoms with Crippen molar-refractivity contribution >= 4 is 6.03 Å². The summed E-state index contributed by atoms with van der Waals surface area (Å²) < 4.78 is 5.48. The summed E-state index contributed by atoms with van der Waals surface area (Å²) in [5.74, 6) is 1.34. The van der Waals surface area contributed by atoms with Crippen LogP contribution in [0.4, 0.5) is 4.79 Å². The fourth-order valence-electron chi connectivity index (χ4n) is 2.71. The van der Waals surface area contributed by atoms with E-state index < -0.39 is 0 Å². The van der Waals surface area contributed by atoms with Crippen molar-refractivity contribution in [2.24, 2.45) is 0 Å². The molecule has 1 aliphatic heterocycles. The van der Waals surface area contributed by atoms with Gasteiger partial charge < -0.3 is 14.6 Å². The molecule has 0 aromatic carbocycles. The van der Waals surface area contributed by atoms with E-state index in [4.69, 9.17) is 4.42 Å². The van der Waals surface area contributed by atoms with Crippen molar-refractivity contribution in [3.8, 4) is 0 Å². The van der Waals surface area contributed by atoms with E-state index in [0.717, 1.165) is 36.8 Å². The number of oxazole rings is 1. The second-order valence-corrected chi connectivity index (χ2v) is 5.99. The first kappa shape index (κ1) is 16.4. The average Bonchev–Trinajstić information content (AvgIpc) is 2.92. The standard InChI is InChI=1S/C17H23N5O2/c1-13-14(2)24-16(20-13)11-19-17(23)22-9-7-21(8-10-22)12-15-5-3-4-6-18-15/h3-6H,7-12H2,1-2H3,(H,19,23). The molecule has 0 radical (unpaired) electrons. The van der Waals surface area contributed by atoms with Gasteiger partial charge in [-0.2, -0.15) is 0 Å². The van der Waals surface area contributed by atoms with Crippen molar-refractivity contribution < 1.29 is 9.21 Å². The van der Waals surface area contributed by atoms with E-state index in [1.165, 1.54) is 0 Å². The maximum absolute atomic E-state index is 12.2. The molecule has 0 atom stereocenters. The van der Waals surface area contributed by atoms with Crippen LogP contribution in [0.25, 0.3) is 0 Å². The minimum Gasteiger partial charge on any atom is -0.444 e. The summed E-state index contributed by atoms with van der Waals surface area (Å²) in [6.45, 7) is 8.03. The van der Waals surface area contributed by atoms with E-state index >= 15 is 0 Å². The number of carbonyl (C=O) groups is 1. The number of rotatable bonds is 4. The Bertz CT molecular complexity index is 658. The summed E-state index contributed by atoms with van der Waals surface area (Å²) in [6.07, 6.45) is 1.81. The van der Waals surface area contributed by atoms with E-state index in [0.29, 0.717) is 25.5 Å². The highest BCUT2D eigenvalue weighted by Gasteiger charge is 2.21. The van der Waals surface area contributed by atoms with Gasteiger partial charge >= 0.3 is 6.03 Å². The van der Waals surface area contributed by atoms with Gasteiger partial charge in [-0.3, -0.25) is 9.88 Å². The summed E-state index contributed by atoms with van der Waals surface area (Å²) >= 11 is 0. The molecule has 0 spiro atoms. The van der Waals surface area contributed by atoms with E-state index in [9.17, 15) is 4.79 Å². The third kappa shape index (κ3) is 4.11. The first-order valence-electron chi connectivity index (χ1n) is 8.20. The summed E-state index contributed by atoms with van der Waals surface area (Å²) in [6, 6.07) is 5.88. The molecule has 0 unspecified atom stereocenters. The fraction of sp³-hybridized carbons (Fsp3) is 0.471. The van der Waals surface area contributed by atoms with Crippen molar-refractivity contribution in [3.05, 3.63) is 47.4 Å². The van der Waals surface area contributed by atoms with Crippen LogP contribution < -0.4 is 5.32 Å². The van der Waals surface area contributed by atoms with Crippen LogP contribution in [0.1, 0.15) is 23.0 Å². The number of amides is 2. The lowest BCUT2D eigenvalue weighted by atomic mass is 10.3. The van der Waals surface area contributed by atoms with Gasteiger partial charge in [0.1, 0.15) is 5.76 Å². The fourth-order valence-corrected chi connectivity index (χ4v) is 2.71. The van der Waals surface area contributed by atoms with Crippen LogP contribution in [0.15, 0.2) is 28.8 Å². The zero-order valence-corrected chi connectivity index (χ0v) is 14.2. The molecule has 3 heterocycles. The van der Waals surface area contributed by atoms with E-state index in [2.05, 4.69) is 20.2 Å². The third-order valence-corrected chi connectivity index (χ3v) is 4.23. The Kier molecular flexibility index (Phi) is 5.10. The number of carbonyl (C=O) groups excluding carboxylic acids is 1. The van der Waals surface area contributed by atoms with Gasteiger partial charge in [-0.15, -0.1) is 0 Å². The van der Waals surface area contributed by atoms with Crippen molar-refractivity contribution in [1.82, 2.24) is 25.1 Å². The quantitative estimate of drug-likeness (QED) is 0.924. The first-order chi connectivity index (χ1) is 11.6. The lowest BCUT2D eigenvalue weighted by Crippen LogP contribution is -2.51. The van der Waals surface area contributed by atoms with Crippen LogP contribution in [0, 0.1) is 13.8 Å². The molecule has 7 nitrogen and oxygen atoms in total. The van der Waals surface area contributed by atoms with Crippen molar-refractivity contribution in [3.63, 3.8) is 0 Å². The van der Waals surface area contributed by atoms with Gasteiger partial charge in [0.25, 0.3) is 0 Å². The van der Waals surface area contributed by atoms with Crippen LogP contribution >= 0.6 is 0 Å². The van der Waals surface area contributed by atoms with Crippen LogP contribution in [0.3, 0.4) is 0 Å². The number of piperazine rings is 1. The number of urea groups is 1. The summed E-state index contributed by atoms with van der Waals surface area (Å²) in [4.78, 5) is 25.0. The van der Waals surface area contributed by atoms with Gasteiger partial charge in [0.05, 0.1) is 17.9 Å². The van der Waals surface area contributed by atoms with Gasteiger partial charge in [0, 0.05) is 38.9 Å². The zero-order valence-electron chi connectivity index (χ0n) is 14.2. The Morgan fingerprint density at radius 1 is 1.25 bits per heavy atom. The van der Waals surface area contributed by atoms with Crippen LogP contribution in [-0.4, -0.2) is 52.0 Å². The molecule has 3 rings (SSSR count). The smallest absolute Gasteiger partial charge is 0.317 e. The van der Waals surface area contributed by atoms with Crippen LogP contribution in [0.5, 0.6) is 0 Å². The lowest BCUT2D eigenvalue weighted by Gasteiger charge is -2.34. The Balaban J connectivity index is 1.43. The van der Waals surface area contributed by atoms with Crippen molar-refractivity contribution in [2.45, 2.75) is 26.9 Å². The maximum atomic E-state index is 12.2. The number of pyridine rings is 1. The second kappa shape index (κ2) is 7.44. The minimum absolute atomic E-state index is 0.0685. The highest BCUT2D eigenvalue weighted by molar-refractivity contribution is 5.74. The number of hydrogen-bond acceptors (Lipinski definition) is 5. The Labute approximate surface area is 141 Å². The van der Waals surface area contributed by atoms with Gasteiger partial charge in [-0.25, -0.2) is 9.78 Å². The molecule has 0 aliphatic carbocycles. The second-order valence-electron chi connectivity index (χ2n) is 5.99. The molecule has 1 N–H and O–H groups in total. The minimum atomic E-state index is -0.0685. The molecule has 2 aromatic heterocycles. The molecule has 2 aromatic rings. The Morgan fingerprint density at radius 2 is 2.04 bits per heavy atom. The summed E-state index contributed by atoms with van der Waals surface area (Å²) in [5.41, 5.74) is 1.92. The summed E-state index contributed by atoms with van der Waals surface area (Å²) in [5, 5.41) is 2.87. The molecule has 0 bridgehead atoms. The largest absolute Gasteiger partial charge is 0.444 e. The molecule has 128 valence electrons. The molecule has 0 saturated carbocycles. The molecular formula is C17H23N5O2. The predicted octanol–water partition coefficient (Wildman–Crippen LogP) is 1.71. The zero-order chi connectivity index (χ0) is 16.9. The number of hydrogen-bond donors (Lipinski definition) is 1. The first-order valence-corrected chi connectivity index (χ1v) is 8.20.